The number of methoxy groups -OCH3 is 1. The normalized spacial score (nSPS) is 14.4. The monoisotopic (exact) mass is 419 g/mol. The molecule has 31 heavy (non-hydrogen) atoms. The number of benzene rings is 2. The highest BCUT2D eigenvalue weighted by atomic mass is 16.5. The van der Waals surface area contributed by atoms with Crippen LogP contribution < -0.4 is 10.1 Å². The standard InChI is InChI=1S/C25H29N3O3/c1-19-23(25(29)26-11-12-27-13-15-31-16-14-27)18-24(20-7-4-3-5-8-20)28(19)21-9-6-10-22(17-21)30-2/h3-10,17-18H,11-16H2,1-2H3,(H,26,29). The fraction of sp³-hybridized carbons (Fsp3) is 0.320. The Bertz CT molecular complexity index is 1020. The second-order valence-corrected chi connectivity index (χ2v) is 7.64. The van der Waals surface area contributed by atoms with Crippen LogP contribution in [0.5, 0.6) is 5.75 Å². The maximum Gasteiger partial charge on any atom is 0.253 e. The summed E-state index contributed by atoms with van der Waals surface area (Å²) < 4.78 is 12.9. The van der Waals surface area contributed by atoms with Crippen LogP contribution in [-0.2, 0) is 4.74 Å². The van der Waals surface area contributed by atoms with Crippen LogP contribution >= 0.6 is 0 Å². The number of amides is 1. The average molecular weight is 420 g/mol. The lowest BCUT2D eigenvalue weighted by molar-refractivity contribution is 0.0383. The van der Waals surface area contributed by atoms with Crippen LogP contribution in [0, 0.1) is 6.92 Å². The highest BCUT2D eigenvalue weighted by molar-refractivity contribution is 5.97. The quantitative estimate of drug-likeness (QED) is 0.637. The van der Waals surface area contributed by atoms with Gasteiger partial charge in [0.2, 0.25) is 0 Å². The Morgan fingerprint density at radius 2 is 1.84 bits per heavy atom. The maximum absolute atomic E-state index is 13.1. The van der Waals surface area contributed by atoms with E-state index in [0.717, 1.165) is 61.2 Å². The molecule has 0 saturated carbocycles. The molecule has 1 saturated heterocycles. The van der Waals surface area contributed by atoms with E-state index in [1.807, 2.05) is 55.5 Å². The van der Waals surface area contributed by atoms with Gasteiger partial charge in [0.05, 0.1) is 31.6 Å². The summed E-state index contributed by atoms with van der Waals surface area (Å²) in [7, 11) is 1.66. The molecule has 0 spiro atoms. The zero-order valence-electron chi connectivity index (χ0n) is 18.1. The second-order valence-electron chi connectivity index (χ2n) is 7.64. The van der Waals surface area contributed by atoms with Crippen molar-refractivity contribution >= 4 is 5.91 Å². The van der Waals surface area contributed by atoms with Gasteiger partial charge in [0.1, 0.15) is 5.75 Å². The number of ether oxygens (including phenoxy) is 2. The van der Waals surface area contributed by atoms with Crippen molar-refractivity contribution in [3.05, 3.63) is 71.9 Å². The summed E-state index contributed by atoms with van der Waals surface area (Å²) in [6, 6.07) is 20.0. The molecule has 1 amide bonds. The van der Waals surface area contributed by atoms with E-state index in [9.17, 15) is 4.79 Å². The summed E-state index contributed by atoms with van der Waals surface area (Å²) >= 11 is 0. The van der Waals surface area contributed by atoms with E-state index in [-0.39, 0.29) is 5.91 Å². The number of nitrogens with one attached hydrogen (secondary N) is 1. The average Bonchev–Trinajstić information content (AvgIpc) is 3.17. The van der Waals surface area contributed by atoms with Gasteiger partial charge in [-0.2, -0.15) is 0 Å². The maximum atomic E-state index is 13.1. The Labute approximate surface area is 183 Å². The van der Waals surface area contributed by atoms with Crippen LogP contribution in [-0.4, -0.2) is 61.9 Å². The molecule has 1 aliphatic heterocycles. The van der Waals surface area contributed by atoms with Gasteiger partial charge in [0.15, 0.2) is 0 Å². The summed E-state index contributed by atoms with van der Waals surface area (Å²) in [6.45, 7) is 6.79. The highest BCUT2D eigenvalue weighted by Crippen LogP contribution is 2.30. The zero-order valence-corrected chi connectivity index (χ0v) is 18.1. The van der Waals surface area contributed by atoms with E-state index >= 15 is 0 Å². The van der Waals surface area contributed by atoms with Crippen LogP contribution in [0.1, 0.15) is 16.1 Å². The first-order valence-corrected chi connectivity index (χ1v) is 10.7. The molecule has 6 nitrogen and oxygen atoms in total. The second kappa shape index (κ2) is 9.81. The van der Waals surface area contributed by atoms with Gasteiger partial charge in [-0.15, -0.1) is 0 Å². The van der Waals surface area contributed by atoms with Gasteiger partial charge in [-0.1, -0.05) is 36.4 Å². The number of hydrogen-bond acceptors (Lipinski definition) is 4. The van der Waals surface area contributed by atoms with Crippen molar-refractivity contribution < 1.29 is 14.3 Å². The molecular weight excluding hydrogens is 390 g/mol. The molecule has 3 aromatic rings. The Balaban J connectivity index is 1.62. The van der Waals surface area contributed by atoms with Crippen molar-refractivity contribution in [1.82, 2.24) is 14.8 Å². The fourth-order valence-corrected chi connectivity index (χ4v) is 3.99. The third-order valence-electron chi connectivity index (χ3n) is 5.69. The molecular formula is C25H29N3O3. The van der Waals surface area contributed by atoms with Crippen LogP contribution in [0.4, 0.5) is 0 Å². The van der Waals surface area contributed by atoms with Crippen molar-refractivity contribution in [3.8, 4) is 22.7 Å². The molecule has 1 aromatic heterocycles. The number of hydrogen-bond donors (Lipinski definition) is 1. The molecule has 1 fully saturated rings. The third kappa shape index (κ3) is 4.81. The van der Waals surface area contributed by atoms with E-state index in [2.05, 4.69) is 26.9 Å². The summed E-state index contributed by atoms with van der Waals surface area (Å²) in [4.78, 5) is 15.4. The molecule has 0 radical (unpaired) electrons. The van der Waals surface area contributed by atoms with Crippen molar-refractivity contribution in [2.45, 2.75) is 6.92 Å². The lowest BCUT2D eigenvalue weighted by Gasteiger charge is -2.26. The first kappa shape index (κ1) is 21.2. The van der Waals surface area contributed by atoms with Crippen LogP contribution in [0.3, 0.4) is 0 Å². The lowest BCUT2D eigenvalue weighted by Crippen LogP contribution is -2.41. The van der Waals surface area contributed by atoms with Gasteiger partial charge in [0, 0.05) is 43.6 Å². The first-order valence-electron chi connectivity index (χ1n) is 10.7. The van der Waals surface area contributed by atoms with E-state index < -0.39 is 0 Å². The highest BCUT2D eigenvalue weighted by Gasteiger charge is 2.20. The Morgan fingerprint density at radius 3 is 2.58 bits per heavy atom. The number of nitrogens with zero attached hydrogens (tertiary/aromatic N) is 2. The minimum absolute atomic E-state index is 0.0513. The molecule has 0 bridgehead atoms. The minimum Gasteiger partial charge on any atom is -0.497 e. The topological polar surface area (TPSA) is 55.7 Å². The number of morpholine rings is 1. The zero-order chi connectivity index (χ0) is 21.6. The molecule has 1 aliphatic rings. The summed E-state index contributed by atoms with van der Waals surface area (Å²) in [6.07, 6.45) is 0. The molecule has 162 valence electrons. The summed E-state index contributed by atoms with van der Waals surface area (Å²) in [5.74, 6) is 0.728. The van der Waals surface area contributed by atoms with E-state index in [1.54, 1.807) is 7.11 Å². The van der Waals surface area contributed by atoms with E-state index in [4.69, 9.17) is 9.47 Å². The largest absolute Gasteiger partial charge is 0.497 e. The van der Waals surface area contributed by atoms with Gasteiger partial charge in [-0.05, 0) is 30.7 Å². The van der Waals surface area contributed by atoms with Crippen molar-refractivity contribution in [2.24, 2.45) is 0 Å². The molecule has 2 aromatic carbocycles. The smallest absolute Gasteiger partial charge is 0.253 e. The number of aromatic nitrogens is 1. The fourth-order valence-electron chi connectivity index (χ4n) is 3.99. The predicted molar refractivity (Wildman–Crippen MR) is 122 cm³/mol. The number of carbonyl (C=O) groups excluding carboxylic acids is 1. The Hall–Kier alpha value is -3.09. The molecule has 2 heterocycles. The van der Waals surface area contributed by atoms with Crippen LogP contribution in [0.15, 0.2) is 60.7 Å². The Kier molecular flexibility index (Phi) is 6.70. The number of carbonyl (C=O) groups is 1. The SMILES string of the molecule is COc1cccc(-n2c(-c3ccccc3)cc(C(=O)NCCN3CCOCC3)c2C)c1. The van der Waals surface area contributed by atoms with Gasteiger partial charge < -0.3 is 19.4 Å². The lowest BCUT2D eigenvalue weighted by atomic mass is 10.1. The van der Waals surface area contributed by atoms with Crippen LogP contribution in [0.25, 0.3) is 16.9 Å². The van der Waals surface area contributed by atoms with E-state index in [1.165, 1.54) is 0 Å². The van der Waals surface area contributed by atoms with Crippen molar-refractivity contribution in [3.63, 3.8) is 0 Å². The minimum atomic E-state index is -0.0513. The van der Waals surface area contributed by atoms with Gasteiger partial charge in [0.25, 0.3) is 5.91 Å². The summed E-state index contributed by atoms with van der Waals surface area (Å²) in [5.41, 5.74) is 4.58. The summed E-state index contributed by atoms with van der Waals surface area (Å²) in [5, 5.41) is 3.09. The molecule has 0 atom stereocenters. The predicted octanol–water partition coefficient (Wildman–Crippen LogP) is 3.52. The van der Waals surface area contributed by atoms with Gasteiger partial charge in [-0.3, -0.25) is 9.69 Å². The molecule has 0 unspecified atom stereocenters. The molecule has 4 rings (SSSR count). The van der Waals surface area contributed by atoms with Crippen LogP contribution in [0.2, 0.25) is 0 Å². The Morgan fingerprint density at radius 1 is 1.06 bits per heavy atom. The number of rotatable bonds is 7. The van der Waals surface area contributed by atoms with Crippen molar-refractivity contribution in [1.29, 1.82) is 0 Å². The van der Waals surface area contributed by atoms with Crippen molar-refractivity contribution in [2.75, 3.05) is 46.5 Å². The third-order valence-corrected chi connectivity index (χ3v) is 5.69. The van der Waals surface area contributed by atoms with Gasteiger partial charge in [-0.25, -0.2) is 0 Å². The van der Waals surface area contributed by atoms with Gasteiger partial charge >= 0.3 is 0 Å². The van der Waals surface area contributed by atoms with E-state index in [0.29, 0.717) is 12.1 Å². The molecule has 1 N–H and O–H groups in total. The molecule has 6 heteroatoms. The molecule has 0 aliphatic carbocycles. The first-order chi connectivity index (χ1) is 15.2.